The van der Waals surface area contributed by atoms with Crippen LogP contribution in [0.5, 0.6) is 17.2 Å². The second kappa shape index (κ2) is 15.3. The summed E-state index contributed by atoms with van der Waals surface area (Å²) < 4.78 is 47.1. The normalized spacial score (nSPS) is 11.6. The van der Waals surface area contributed by atoms with Crippen LogP contribution in [-0.2, 0) is 0 Å². The summed E-state index contributed by atoms with van der Waals surface area (Å²) in [6.07, 6.45) is 10.2. The van der Waals surface area contributed by atoms with Crippen molar-refractivity contribution in [2.75, 3.05) is 6.54 Å². The second-order valence-electron chi connectivity index (χ2n) is 8.53. The Balaban J connectivity index is 0.00000456. The van der Waals surface area contributed by atoms with Crippen molar-refractivity contribution in [3.05, 3.63) is 54.4 Å². The van der Waals surface area contributed by atoms with Crippen LogP contribution < -0.4 is 9.47 Å². The van der Waals surface area contributed by atoms with Crippen molar-refractivity contribution < 1.29 is 22.6 Å². The Morgan fingerprint density at radius 1 is 0.861 bits per heavy atom. The van der Waals surface area contributed by atoms with Crippen LogP contribution in [0.25, 0.3) is 11.4 Å². The predicted octanol–water partition coefficient (Wildman–Crippen LogP) is 9.07. The molecule has 36 heavy (non-hydrogen) atoms. The highest BCUT2D eigenvalue weighted by atomic mass is 35.5. The number of nitrogens with zero attached hydrogens (tertiary/aromatic N) is 1. The number of H-pyrrole nitrogens is 2. The zero-order chi connectivity index (χ0) is 24.9. The van der Waals surface area contributed by atoms with Crippen LogP contribution in [0.15, 0.2) is 53.7 Å². The molecule has 0 radical (unpaired) electrons. The topological polar surface area (TPSA) is 62.4 Å². The molecular weight excluding hydrogens is 491 g/mol. The number of nitrogens with one attached hydrogen (secondary N) is 2. The molecule has 5 nitrogen and oxygen atoms in total. The molecule has 198 valence electrons. The number of unbranched alkanes of at least 4 members (excludes halogenated alkanes) is 8. The number of rotatable bonds is 15. The van der Waals surface area contributed by atoms with Crippen molar-refractivity contribution in [2.24, 2.45) is 4.99 Å². The molecule has 9 heteroatoms. The molecule has 2 N–H and O–H groups in total. The lowest BCUT2D eigenvalue weighted by atomic mass is 10.1. The Kier molecular flexibility index (Phi) is 12.5. The molecule has 0 atom stereocenters. The number of aromatic amines is 2. The minimum absolute atomic E-state index is 0. The maximum absolute atomic E-state index is 12.4. The van der Waals surface area contributed by atoms with Gasteiger partial charge in [0.2, 0.25) is 0 Å². The van der Waals surface area contributed by atoms with E-state index < -0.39 is 6.36 Å². The highest BCUT2D eigenvalue weighted by molar-refractivity contribution is 5.85. The van der Waals surface area contributed by atoms with E-state index in [2.05, 4.69) is 26.6 Å². The molecule has 0 saturated carbocycles. The lowest BCUT2D eigenvalue weighted by Gasteiger charge is -2.09. The summed E-state index contributed by atoms with van der Waals surface area (Å²) in [6.45, 7) is 2.97. The molecule has 0 saturated heterocycles. The fourth-order valence-corrected chi connectivity index (χ4v) is 3.78. The third-order valence-electron chi connectivity index (χ3n) is 5.59. The second-order valence-corrected chi connectivity index (χ2v) is 8.53. The van der Waals surface area contributed by atoms with Gasteiger partial charge in [-0.15, -0.1) is 25.6 Å². The van der Waals surface area contributed by atoms with E-state index >= 15 is 0 Å². The van der Waals surface area contributed by atoms with Crippen LogP contribution in [-0.4, -0.2) is 29.1 Å². The number of hydrogen-bond acceptors (Lipinski definition) is 3. The third kappa shape index (κ3) is 10.4. The van der Waals surface area contributed by atoms with Gasteiger partial charge in [-0.2, -0.15) is 0 Å². The third-order valence-corrected chi connectivity index (χ3v) is 5.59. The van der Waals surface area contributed by atoms with E-state index in [9.17, 15) is 13.2 Å². The Labute approximate surface area is 216 Å². The first-order chi connectivity index (χ1) is 16.9. The molecule has 0 unspecified atom stereocenters. The quantitative estimate of drug-likeness (QED) is 0.153. The standard InChI is InChI=1S/C27H34F3N3O2.ClH/c1-2-3-4-5-6-7-8-9-10-17-31-20-25-26(19-24(33-25)23-12-11-18-32-23)34-21-13-15-22(16-14-21)35-27(28,29)30;/h11-16,18-20,32-33H,2-10,17H2,1H3;1H. The molecule has 0 aliphatic rings. The fourth-order valence-electron chi connectivity index (χ4n) is 3.78. The largest absolute Gasteiger partial charge is 0.573 e. The molecule has 0 spiro atoms. The van der Waals surface area contributed by atoms with Crippen LogP contribution in [0, 0.1) is 0 Å². The maximum Gasteiger partial charge on any atom is 0.573 e. The van der Waals surface area contributed by atoms with E-state index in [1.54, 1.807) is 6.21 Å². The van der Waals surface area contributed by atoms with Crippen molar-refractivity contribution in [3.63, 3.8) is 0 Å². The number of alkyl halides is 3. The lowest BCUT2D eigenvalue weighted by Crippen LogP contribution is -2.16. The molecule has 0 fully saturated rings. The number of aliphatic imine (C=N–C) groups is 1. The molecule has 3 aromatic rings. The molecule has 0 amide bonds. The van der Waals surface area contributed by atoms with Crippen molar-refractivity contribution >= 4 is 18.6 Å². The number of hydrogen-bond donors (Lipinski definition) is 2. The Morgan fingerprint density at radius 2 is 1.50 bits per heavy atom. The summed E-state index contributed by atoms with van der Waals surface area (Å²) in [6, 6.07) is 11.0. The Bertz CT molecular complexity index is 1020. The van der Waals surface area contributed by atoms with Crippen LogP contribution >= 0.6 is 12.4 Å². The Hall–Kier alpha value is -2.87. The molecule has 0 aliphatic heterocycles. The van der Waals surface area contributed by atoms with Gasteiger partial charge in [0.1, 0.15) is 17.2 Å². The molecule has 2 aromatic heterocycles. The van der Waals surface area contributed by atoms with E-state index in [1.165, 1.54) is 75.6 Å². The summed E-state index contributed by atoms with van der Waals surface area (Å²) >= 11 is 0. The molecule has 3 rings (SSSR count). The highest BCUT2D eigenvalue weighted by Gasteiger charge is 2.31. The highest BCUT2D eigenvalue weighted by Crippen LogP contribution is 2.31. The first-order valence-corrected chi connectivity index (χ1v) is 12.3. The fraction of sp³-hybridized carbons (Fsp3) is 0.444. The summed E-state index contributed by atoms with van der Waals surface area (Å²) in [5, 5.41) is 0. The Morgan fingerprint density at radius 3 is 2.11 bits per heavy atom. The van der Waals surface area contributed by atoms with Crippen LogP contribution in [0.3, 0.4) is 0 Å². The first kappa shape index (κ1) is 29.4. The molecule has 0 bridgehead atoms. The zero-order valence-corrected chi connectivity index (χ0v) is 21.4. The smallest absolute Gasteiger partial charge is 0.455 e. The van der Waals surface area contributed by atoms with Gasteiger partial charge >= 0.3 is 6.36 Å². The summed E-state index contributed by atoms with van der Waals surface area (Å²) in [5.41, 5.74) is 2.41. The zero-order valence-electron chi connectivity index (χ0n) is 20.6. The van der Waals surface area contributed by atoms with E-state index in [-0.39, 0.29) is 18.2 Å². The average molecular weight is 526 g/mol. The minimum atomic E-state index is -4.73. The van der Waals surface area contributed by atoms with E-state index in [0.717, 1.165) is 24.4 Å². The van der Waals surface area contributed by atoms with Crippen LogP contribution in [0.4, 0.5) is 13.2 Å². The van der Waals surface area contributed by atoms with Crippen molar-refractivity contribution in [1.82, 2.24) is 9.97 Å². The summed E-state index contributed by atoms with van der Waals surface area (Å²) in [4.78, 5) is 11.0. The molecule has 0 aliphatic carbocycles. The number of aromatic nitrogens is 2. The van der Waals surface area contributed by atoms with E-state index in [1.807, 2.05) is 24.4 Å². The van der Waals surface area contributed by atoms with Crippen molar-refractivity contribution in [3.8, 4) is 28.6 Å². The maximum atomic E-state index is 12.4. The number of benzene rings is 1. The summed E-state index contributed by atoms with van der Waals surface area (Å²) in [5.74, 6) is 0.633. The van der Waals surface area contributed by atoms with Gasteiger partial charge in [-0.05, 0) is 42.8 Å². The average Bonchev–Trinajstić information content (AvgIpc) is 3.48. The SMILES string of the molecule is CCCCCCCCCCCN=Cc1[nH]c(-c2ccc[nH]2)cc1Oc1ccc(OC(F)(F)F)cc1.Cl. The lowest BCUT2D eigenvalue weighted by molar-refractivity contribution is -0.274. The number of ether oxygens (including phenoxy) is 2. The van der Waals surface area contributed by atoms with Gasteiger partial charge < -0.3 is 19.4 Å². The number of halogens is 4. The van der Waals surface area contributed by atoms with Gasteiger partial charge in [-0.25, -0.2) is 0 Å². The molecule has 1 aromatic carbocycles. The molecule has 2 heterocycles. The molecular formula is C27H35ClF3N3O2. The van der Waals surface area contributed by atoms with Gasteiger partial charge in [-0.1, -0.05) is 58.3 Å². The van der Waals surface area contributed by atoms with E-state index in [4.69, 9.17) is 4.74 Å². The van der Waals surface area contributed by atoms with Gasteiger partial charge in [-0.3, -0.25) is 4.99 Å². The van der Waals surface area contributed by atoms with Gasteiger partial charge in [0.25, 0.3) is 0 Å². The van der Waals surface area contributed by atoms with Crippen molar-refractivity contribution in [2.45, 2.75) is 71.1 Å². The van der Waals surface area contributed by atoms with Crippen molar-refractivity contribution in [1.29, 1.82) is 0 Å². The minimum Gasteiger partial charge on any atom is -0.455 e. The monoisotopic (exact) mass is 525 g/mol. The van der Waals surface area contributed by atoms with Gasteiger partial charge in [0, 0.05) is 25.0 Å². The van der Waals surface area contributed by atoms with Gasteiger partial charge in [0.15, 0.2) is 5.75 Å². The predicted molar refractivity (Wildman–Crippen MR) is 141 cm³/mol. The van der Waals surface area contributed by atoms with E-state index in [0.29, 0.717) is 17.2 Å². The van der Waals surface area contributed by atoms with Crippen LogP contribution in [0.1, 0.15) is 70.4 Å². The van der Waals surface area contributed by atoms with Crippen LogP contribution in [0.2, 0.25) is 0 Å². The van der Waals surface area contributed by atoms with Gasteiger partial charge in [0.05, 0.1) is 11.4 Å². The summed E-state index contributed by atoms with van der Waals surface area (Å²) in [7, 11) is 0. The first-order valence-electron chi connectivity index (χ1n) is 12.3.